The highest BCUT2D eigenvalue weighted by molar-refractivity contribution is 5.94. The van der Waals surface area contributed by atoms with Gasteiger partial charge in [0.25, 0.3) is 5.91 Å². The summed E-state index contributed by atoms with van der Waals surface area (Å²) in [5.41, 5.74) is 4.59. The number of nitrogens with two attached hydrogens (primary N) is 1. The van der Waals surface area contributed by atoms with Gasteiger partial charge in [-0.15, -0.1) is 0 Å². The summed E-state index contributed by atoms with van der Waals surface area (Å²) in [6.45, 7) is 16.3. The Morgan fingerprint density at radius 3 is 2.15 bits per heavy atom. The van der Waals surface area contributed by atoms with Crippen molar-refractivity contribution >= 4 is 35.6 Å². The van der Waals surface area contributed by atoms with Crippen LogP contribution >= 0.6 is 0 Å². The average Bonchev–Trinajstić information content (AvgIpc) is 3.47. The van der Waals surface area contributed by atoms with Crippen LogP contribution in [0.5, 0.6) is 0 Å². The molecule has 15 heteroatoms. The summed E-state index contributed by atoms with van der Waals surface area (Å²) in [7, 11) is 0. The van der Waals surface area contributed by atoms with Crippen LogP contribution in [0.4, 0.5) is 4.79 Å². The molecular formula is C37H60N6O9. The Hall–Kier alpha value is -4.24. The zero-order chi connectivity index (χ0) is 39.4. The summed E-state index contributed by atoms with van der Waals surface area (Å²) < 4.78 is 11.5. The van der Waals surface area contributed by atoms with Crippen LogP contribution in [0.25, 0.3) is 0 Å². The average molecular weight is 733 g/mol. The number of aliphatic hydroxyl groups is 1. The van der Waals surface area contributed by atoms with Gasteiger partial charge in [0.2, 0.25) is 23.6 Å². The van der Waals surface area contributed by atoms with Crippen molar-refractivity contribution in [3.8, 4) is 0 Å². The topological polar surface area (TPSA) is 218 Å². The van der Waals surface area contributed by atoms with Gasteiger partial charge in [-0.2, -0.15) is 0 Å². The predicted octanol–water partition coefficient (Wildman–Crippen LogP) is 2.06. The van der Waals surface area contributed by atoms with E-state index < -0.39 is 89.6 Å². The Balaban J connectivity index is 2.25. The molecule has 0 radical (unpaired) electrons. The molecule has 2 unspecified atom stereocenters. The van der Waals surface area contributed by atoms with Gasteiger partial charge in [-0.3, -0.25) is 24.0 Å². The van der Waals surface area contributed by atoms with Gasteiger partial charge in [0.15, 0.2) is 6.10 Å². The number of alkyl carbamates (subject to hydrolysis) is 1. The summed E-state index contributed by atoms with van der Waals surface area (Å²) in [5.74, 6) is -3.46. The number of unbranched alkanes of at least 4 members (excludes halogenated alkanes) is 1. The molecule has 6 atom stereocenters. The molecule has 1 heterocycles. The van der Waals surface area contributed by atoms with E-state index in [0.717, 1.165) is 0 Å². The van der Waals surface area contributed by atoms with Gasteiger partial charge in [0.1, 0.15) is 18.1 Å². The van der Waals surface area contributed by atoms with Crippen LogP contribution < -0.4 is 27.0 Å². The minimum absolute atomic E-state index is 0.0660. The third-order valence-corrected chi connectivity index (χ3v) is 8.28. The standard InChI is InChI=1S/C37H60N6O9/c1-10-11-17-25(29(45)33(48)39-19-27(44)41-28(31(38)46)23-15-13-12-14-16-23)40-32(47)26-18-24(52-37(7,8)9)20-43(26)34(49)30(36(4,5)6)42-35(50)51-21-22(2)3/h12-16,22,24-26,28-30,45H,10-11,17-21H2,1-9H3,(H2,38,46)(H,39,48)(H,40,47)(H,41,44)(H,42,50)/t24-,25?,26+,28+,29?,30-/m1/s1. The molecule has 1 aromatic carbocycles. The molecule has 1 aromatic rings. The molecular weight excluding hydrogens is 672 g/mol. The smallest absolute Gasteiger partial charge is 0.407 e. The number of nitrogens with zero attached hydrogens (tertiary/aromatic N) is 1. The summed E-state index contributed by atoms with van der Waals surface area (Å²) in [6, 6.07) is 4.06. The molecule has 0 aliphatic carbocycles. The molecule has 0 aromatic heterocycles. The van der Waals surface area contributed by atoms with E-state index in [1.54, 1.807) is 51.1 Å². The highest BCUT2D eigenvalue weighted by atomic mass is 16.5. The first-order valence-corrected chi connectivity index (χ1v) is 18.0. The number of carbonyl (C=O) groups is 6. The maximum Gasteiger partial charge on any atom is 0.407 e. The predicted molar refractivity (Wildman–Crippen MR) is 194 cm³/mol. The second kappa shape index (κ2) is 19.6. The lowest BCUT2D eigenvalue weighted by Crippen LogP contribution is -2.59. The molecule has 2 rings (SSSR count). The molecule has 15 nitrogen and oxygen atoms in total. The van der Waals surface area contributed by atoms with Crippen LogP contribution in [0.3, 0.4) is 0 Å². The molecule has 1 aliphatic heterocycles. The lowest BCUT2D eigenvalue weighted by Gasteiger charge is -2.35. The van der Waals surface area contributed by atoms with Crippen molar-refractivity contribution < 1.29 is 43.3 Å². The van der Waals surface area contributed by atoms with E-state index in [9.17, 15) is 33.9 Å². The van der Waals surface area contributed by atoms with Crippen LogP contribution in [0.15, 0.2) is 30.3 Å². The van der Waals surface area contributed by atoms with Gasteiger partial charge >= 0.3 is 6.09 Å². The van der Waals surface area contributed by atoms with Gasteiger partial charge in [0, 0.05) is 13.0 Å². The molecule has 1 fully saturated rings. The first kappa shape index (κ1) is 43.9. The number of hydrogen-bond acceptors (Lipinski definition) is 9. The first-order chi connectivity index (χ1) is 24.1. The molecule has 1 saturated heterocycles. The molecule has 52 heavy (non-hydrogen) atoms. The third-order valence-electron chi connectivity index (χ3n) is 8.28. The number of amides is 6. The highest BCUT2D eigenvalue weighted by Gasteiger charge is 2.47. The molecule has 0 spiro atoms. The Kier molecular flexibility index (Phi) is 16.5. The van der Waals surface area contributed by atoms with Gasteiger partial charge in [-0.25, -0.2) is 4.79 Å². The van der Waals surface area contributed by atoms with E-state index in [-0.39, 0.29) is 31.9 Å². The summed E-state index contributed by atoms with van der Waals surface area (Å²) in [5, 5.41) is 21.4. The normalized spacial score (nSPS) is 18.5. The van der Waals surface area contributed by atoms with Crippen LogP contribution in [-0.2, 0) is 33.4 Å². The minimum Gasteiger partial charge on any atom is -0.449 e. The number of primary amides is 1. The zero-order valence-electron chi connectivity index (χ0n) is 32.1. The Bertz CT molecular complexity index is 1380. The summed E-state index contributed by atoms with van der Waals surface area (Å²) in [6.07, 6.45) is -1.43. The fourth-order valence-corrected chi connectivity index (χ4v) is 5.73. The summed E-state index contributed by atoms with van der Waals surface area (Å²) in [4.78, 5) is 80.0. The summed E-state index contributed by atoms with van der Waals surface area (Å²) >= 11 is 0. The van der Waals surface area contributed by atoms with Crippen molar-refractivity contribution in [2.24, 2.45) is 17.1 Å². The Morgan fingerprint density at radius 1 is 0.981 bits per heavy atom. The fourth-order valence-electron chi connectivity index (χ4n) is 5.73. The van der Waals surface area contributed by atoms with Crippen molar-refractivity contribution in [1.29, 1.82) is 0 Å². The van der Waals surface area contributed by atoms with Crippen LogP contribution in [0.1, 0.15) is 99.6 Å². The van der Waals surface area contributed by atoms with E-state index in [1.165, 1.54) is 4.90 Å². The van der Waals surface area contributed by atoms with Gasteiger partial charge in [-0.1, -0.05) is 84.7 Å². The first-order valence-electron chi connectivity index (χ1n) is 18.0. The Morgan fingerprint density at radius 2 is 1.62 bits per heavy atom. The van der Waals surface area contributed by atoms with E-state index >= 15 is 0 Å². The number of aliphatic hydroxyl groups excluding tert-OH is 1. The molecule has 0 bridgehead atoms. The maximum atomic E-state index is 14.2. The number of benzene rings is 1. The third kappa shape index (κ3) is 14.1. The van der Waals surface area contributed by atoms with Crippen LogP contribution in [0, 0.1) is 11.3 Å². The quantitative estimate of drug-likeness (QED) is 0.138. The lowest BCUT2D eigenvalue weighted by atomic mass is 9.85. The van der Waals surface area contributed by atoms with E-state index in [0.29, 0.717) is 18.4 Å². The van der Waals surface area contributed by atoms with Gasteiger partial charge < -0.3 is 46.5 Å². The van der Waals surface area contributed by atoms with E-state index in [2.05, 4.69) is 21.3 Å². The second-order valence-electron chi connectivity index (χ2n) is 15.8. The van der Waals surface area contributed by atoms with Gasteiger partial charge in [-0.05, 0) is 44.1 Å². The zero-order valence-corrected chi connectivity index (χ0v) is 32.1. The van der Waals surface area contributed by atoms with Gasteiger partial charge in [0.05, 0.1) is 30.9 Å². The van der Waals surface area contributed by atoms with E-state index in [4.69, 9.17) is 15.2 Å². The van der Waals surface area contributed by atoms with Crippen molar-refractivity contribution in [3.63, 3.8) is 0 Å². The monoisotopic (exact) mass is 732 g/mol. The van der Waals surface area contributed by atoms with Crippen molar-refractivity contribution in [2.45, 2.75) is 130 Å². The van der Waals surface area contributed by atoms with Crippen LogP contribution in [-0.4, -0.2) is 101 Å². The van der Waals surface area contributed by atoms with Crippen LogP contribution in [0.2, 0.25) is 0 Å². The molecule has 1 aliphatic rings. The van der Waals surface area contributed by atoms with Crippen molar-refractivity contribution in [3.05, 3.63) is 35.9 Å². The largest absolute Gasteiger partial charge is 0.449 e. The number of hydrogen-bond donors (Lipinski definition) is 6. The number of ether oxygens (including phenoxy) is 2. The maximum absolute atomic E-state index is 14.2. The number of likely N-dealkylation sites (tertiary alicyclic amines) is 1. The van der Waals surface area contributed by atoms with E-state index in [1.807, 2.05) is 41.5 Å². The number of carbonyl (C=O) groups excluding carboxylic acids is 6. The Labute approximate surface area is 307 Å². The lowest BCUT2D eigenvalue weighted by molar-refractivity contribution is -0.143. The number of rotatable bonds is 17. The second-order valence-corrected chi connectivity index (χ2v) is 15.8. The van der Waals surface area contributed by atoms with Crippen molar-refractivity contribution in [2.75, 3.05) is 19.7 Å². The fraction of sp³-hybridized carbons (Fsp3) is 0.676. The van der Waals surface area contributed by atoms with Crippen molar-refractivity contribution in [1.82, 2.24) is 26.2 Å². The molecule has 6 amide bonds. The number of nitrogens with one attached hydrogen (secondary N) is 4. The minimum atomic E-state index is -1.75. The molecule has 7 N–H and O–H groups in total. The highest BCUT2D eigenvalue weighted by Crippen LogP contribution is 2.29. The SMILES string of the molecule is CCCCC(NC(=O)[C@@H]1C[C@@H](OC(C)(C)C)CN1C(=O)[C@@H](NC(=O)OCC(C)C)C(C)(C)C)C(O)C(=O)NCC(=O)N[C@H](C(N)=O)c1ccccc1. The molecule has 292 valence electrons. The molecule has 0 saturated carbocycles.